The predicted molar refractivity (Wildman–Crippen MR) is 70.7 cm³/mol. The van der Waals surface area contributed by atoms with Crippen LogP contribution in [0.5, 0.6) is 0 Å². The monoisotopic (exact) mass is 304 g/mol. The minimum Gasteiger partial charge on any atom is -0.385 e. The average molecular weight is 304 g/mol. The van der Waals surface area contributed by atoms with Crippen molar-refractivity contribution in [3.8, 4) is 0 Å². The number of ether oxygens (including phenoxy) is 1. The molecule has 0 saturated carbocycles. The van der Waals surface area contributed by atoms with Crippen LogP contribution in [0.2, 0.25) is 0 Å². The van der Waals surface area contributed by atoms with Gasteiger partial charge >= 0.3 is 6.18 Å². The molecule has 0 spiro atoms. The Morgan fingerprint density at radius 2 is 2.05 bits per heavy atom. The number of halogens is 3. The normalized spacial score (nSPS) is 20.2. The summed E-state index contributed by atoms with van der Waals surface area (Å²) in [6, 6.07) is 3.54. The van der Waals surface area contributed by atoms with E-state index in [1.807, 2.05) is 6.92 Å². The minimum atomic E-state index is -4.50. The van der Waals surface area contributed by atoms with Crippen LogP contribution in [-0.2, 0) is 10.9 Å². The van der Waals surface area contributed by atoms with E-state index in [1.54, 1.807) is 0 Å². The summed E-state index contributed by atoms with van der Waals surface area (Å²) in [7, 11) is 0. The molecule has 2 rings (SSSR count). The molecule has 0 unspecified atom stereocenters. The van der Waals surface area contributed by atoms with Crippen LogP contribution in [0.15, 0.2) is 18.2 Å². The van der Waals surface area contributed by atoms with E-state index in [0.717, 1.165) is 18.9 Å². The van der Waals surface area contributed by atoms with Crippen molar-refractivity contribution < 1.29 is 23.0 Å². The summed E-state index contributed by atoms with van der Waals surface area (Å²) >= 11 is 0. The third-order valence-electron chi connectivity index (χ3n) is 3.72. The Labute approximate surface area is 121 Å². The molecule has 7 heteroatoms. The number of nitrogens with one attached hydrogen (secondary N) is 1. The predicted octanol–water partition coefficient (Wildman–Crippen LogP) is 2.29. The van der Waals surface area contributed by atoms with E-state index in [-0.39, 0.29) is 17.8 Å². The zero-order chi connectivity index (χ0) is 15.5. The van der Waals surface area contributed by atoms with E-state index < -0.39 is 18.0 Å². The summed E-state index contributed by atoms with van der Waals surface area (Å²) < 4.78 is 43.1. The van der Waals surface area contributed by atoms with Crippen LogP contribution in [0.25, 0.3) is 0 Å². The van der Waals surface area contributed by atoms with Gasteiger partial charge in [0.2, 0.25) is 0 Å². The summed E-state index contributed by atoms with van der Waals surface area (Å²) in [6.45, 7) is 3.45. The number of nitrogens with zero attached hydrogens (tertiary/aromatic N) is 1. The van der Waals surface area contributed by atoms with Crippen LogP contribution >= 0.6 is 0 Å². The summed E-state index contributed by atoms with van der Waals surface area (Å²) in [5.74, 6) is 0. The van der Waals surface area contributed by atoms with Crippen LogP contribution in [0.3, 0.4) is 0 Å². The van der Waals surface area contributed by atoms with Crippen molar-refractivity contribution in [3.63, 3.8) is 0 Å². The fraction of sp³-hybridized carbons (Fsp3) is 0.643. The van der Waals surface area contributed by atoms with E-state index >= 15 is 0 Å². The largest absolute Gasteiger partial charge is 0.433 e. The molecule has 4 nitrogen and oxygen atoms in total. The van der Waals surface area contributed by atoms with Crippen molar-refractivity contribution in [3.05, 3.63) is 29.6 Å². The fourth-order valence-electron chi connectivity index (χ4n) is 2.24. The molecule has 1 fully saturated rings. The highest BCUT2D eigenvalue weighted by atomic mass is 19.4. The number of hydrogen-bond donors (Lipinski definition) is 2. The summed E-state index contributed by atoms with van der Waals surface area (Å²) in [6.07, 6.45) is -3.98. The number of alkyl halides is 3. The number of aliphatic hydroxyl groups is 1. The van der Waals surface area contributed by atoms with Gasteiger partial charge in [-0.1, -0.05) is 6.07 Å². The third kappa shape index (κ3) is 4.39. The van der Waals surface area contributed by atoms with Gasteiger partial charge in [0.15, 0.2) is 0 Å². The van der Waals surface area contributed by atoms with Crippen LogP contribution in [-0.4, -0.2) is 35.4 Å². The first-order valence-electron chi connectivity index (χ1n) is 6.85. The summed E-state index contributed by atoms with van der Waals surface area (Å²) in [5.41, 5.74) is -1.13. The van der Waals surface area contributed by atoms with Gasteiger partial charge in [0.05, 0.1) is 5.69 Å². The van der Waals surface area contributed by atoms with E-state index in [1.165, 1.54) is 12.1 Å². The Morgan fingerprint density at radius 3 is 2.67 bits per heavy atom. The van der Waals surface area contributed by atoms with Crippen molar-refractivity contribution in [2.75, 3.05) is 19.8 Å². The highest BCUT2D eigenvalue weighted by molar-refractivity contribution is 5.15. The molecular formula is C14H19F3N2O2. The Kier molecular flexibility index (Phi) is 4.85. The molecule has 0 aliphatic carbocycles. The van der Waals surface area contributed by atoms with Crippen LogP contribution < -0.4 is 5.32 Å². The molecule has 1 atom stereocenters. The van der Waals surface area contributed by atoms with Crippen molar-refractivity contribution >= 4 is 0 Å². The zero-order valence-electron chi connectivity index (χ0n) is 11.8. The van der Waals surface area contributed by atoms with Crippen molar-refractivity contribution in [1.82, 2.24) is 10.3 Å². The number of β-amino-alcohol motifs (C(OH)–C–C–N with tert-alkyl or cyclic N) is 1. The molecular weight excluding hydrogens is 285 g/mol. The lowest BCUT2D eigenvalue weighted by atomic mass is 9.92. The van der Waals surface area contributed by atoms with Crippen LogP contribution in [0, 0.1) is 0 Å². The summed E-state index contributed by atoms with van der Waals surface area (Å²) in [4.78, 5) is 3.49. The molecule has 0 aromatic carbocycles. The number of rotatable bonds is 4. The number of hydrogen-bond acceptors (Lipinski definition) is 4. The molecule has 1 aliphatic rings. The maximum Gasteiger partial charge on any atom is 0.433 e. The van der Waals surface area contributed by atoms with E-state index in [9.17, 15) is 18.3 Å². The second kappa shape index (κ2) is 6.29. The van der Waals surface area contributed by atoms with E-state index in [0.29, 0.717) is 13.2 Å². The highest BCUT2D eigenvalue weighted by Crippen LogP contribution is 2.28. The summed E-state index contributed by atoms with van der Waals surface area (Å²) in [5, 5.41) is 13.2. The fourth-order valence-corrected chi connectivity index (χ4v) is 2.24. The molecule has 1 aromatic rings. The molecule has 2 N–H and O–H groups in total. The molecule has 1 aliphatic heterocycles. The number of pyridine rings is 1. The molecule has 1 aromatic heterocycles. The van der Waals surface area contributed by atoms with Crippen LogP contribution in [0.4, 0.5) is 13.2 Å². The van der Waals surface area contributed by atoms with E-state index in [4.69, 9.17) is 4.74 Å². The van der Waals surface area contributed by atoms with Crippen molar-refractivity contribution in [1.29, 1.82) is 0 Å². The van der Waals surface area contributed by atoms with Gasteiger partial charge in [-0.15, -0.1) is 0 Å². The average Bonchev–Trinajstić information content (AvgIpc) is 2.45. The molecule has 0 radical (unpaired) electrons. The lowest BCUT2D eigenvalue weighted by Gasteiger charge is -2.35. The first-order valence-corrected chi connectivity index (χ1v) is 6.85. The molecule has 21 heavy (non-hydrogen) atoms. The Balaban J connectivity index is 1.98. The lowest BCUT2D eigenvalue weighted by molar-refractivity contribution is -0.141. The third-order valence-corrected chi connectivity index (χ3v) is 3.72. The first kappa shape index (κ1) is 16.2. The second-order valence-electron chi connectivity index (χ2n) is 5.52. The number of aliphatic hydroxyl groups excluding tert-OH is 1. The molecule has 0 amide bonds. The van der Waals surface area contributed by atoms with Gasteiger partial charge in [-0.05, 0) is 31.9 Å². The Morgan fingerprint density at radius 1 is 1.38 bits per heavy atom. The molecule has 118 valence electrons. The maximum absolute atomic E-state index is 12.6. The SMILES string of the molecule is CC1(NC[C@@H](O)c2cccc(C(F)(F)F)n2)CCOCC1. The molecule has 1 saturated heterocycles. The van der Waals surface area contributed by atoms with E-state index in [2.05, 4.69) is 10.3 Å². The Bertz CT molecular complexity index is 474. The van der Waals surface area contributed by atoms with Gasteiger partial charge in [-0.2, -0.15) is 13.2 Å². The standard InChI is InChI=1S/C14H19F3N2O2/c1-13(5-7-21-8-6-13)18-9-11(20)10-3-2-4-12(19-10)14(15,16)17/h2-4,11,18,20H,5-9H2,1H3/t11-/m1/s1. The highest BCUT2D eigenvalue weighted by Gasteiger charge is 2.33. The van der Waals surface area contributed by atoms with Crippen molar-refractivity contribution in [2.24, 2.45) is 0 Å². The zero-order valence-corrected chi connectivity index (χ0v) is 11.8. The van der Waals surface area contributed by atoms with Gasteiger partial charge in [-0.3, -0.25) is 0 Å². The van der Waals surface area contributed by atoms with Gasteiger partial charge in [0.25, 0.3) is 0 Å². The van der Waals surface area contributed by atoms with Crippen molar-refractivity contribution in [2.45, 2.75) is 37.6 Å². The van der Waals surface area contributed by atoms with Gasteiger partial charge in [0.1, 0.15) is 11.8 Å². The molecule has 2 heterocycles. The topological polar surface area (TPSA) is 54.4 Å². The lowest BCUT2D eigenvalue weighted by Crippen LogP contribution is -2.48. The van der Waals surface area contributed by atoms with Gasteiger partial charge in [-0.25, -0.2) is 4.98 Å². The minimum absolute atomic E-state index is 0.0213. The first-order chi connectivity index (χ1) is 9.80. The quantitative estimate of drug-likeness (QED) is 0.896. The maximum atomic E-state index is 12.6. The second-order valence-corrected chi connectivity index (χ2v) is 5.52. The van der Waals surface area contributed by atoms with Crippen LogP contribution in [0.1, 0.15) is 37.3 Å². The Hall–Kier alpha value is -1.18. The van der Waals surface area contributed by atoms with Gasteiger partial charge < -0.3 is 15.2 Å². The number of aromatic nitrogens is 1. The van der Waals surface area contributed by atoms with Gasteiger partial charge in [0, 0.05) is 25.3 Å². The molecule has 0 bridgehead atoms. The smallest absolute Gasteiger partial charge is 0.385 e.